The van der Waals surface area contributed by atoms with E-state index in [4.69, 9.17) is 9.97 Å². The minimum atomic E-state index is 0.907. The molecule has 0 saturated carbocycles. The molecule has 0 fully saturated rings. The van der Waals surface area contributed by atoms with Gasteiger partial charge in [-0.05, 0) is 54.4 Å². The van der Waals surface area contributed by atoms with Crippen LogP contribution in [-0.2, 0) is 38.5 Å². The zero-order valence-corrected chi connectivity index (χ0v) is 15.1. The standard InChI is InChI=1S/C20H30N2/c1-7-13-14(8-2)16(10-4)20-19(15(13)9-3)17(11-5)21-18(12-6)22-20/h7-12H2,1-6H3. The second kappa shape index (κ2) is 7.21. The van der Waals surface area contributed by atoms with E-state index in [-0.39, 0.29) is 0 Å². The van der Waals surface area contributed by atoms with Gasteiger partial charge >= 0.3 is 0 Å². The summed E-state index contributed by atoms with van der Waals surface area (Å²) in [6, 6.07) is 0. The quantitative estimate of drug-likeness (QED) is 0.749. The van der Waals surface area contributed by atoms with Crippen LogP contribution in [0.15, 0.2) is 0 Å². The Morgan fingerprint density at radius 2 is 1.09 bits per heavy atom. The van der Waals surface area contributed by atoms with Crippen molar-refractivity contribution in [3.8, 4) is 0 Å². The predicted molar refractivity (Wildman–Crippen MR) is 95.8 cm³/mol. The van der Waals surface area contributed by atoms with Crippen molar-refractivity contribution < 1.29 is 0 Å². The van der Waals surface area contributed by atoms with Crippen molar-refractivity contribution in [1.82, 2.24) is 9.97 Å². The van der Waals surface area contributed by atoms with E-state index >= 15 is 0 Å². The Hall–Kier alpha value is -1.44. The zero-order chi connectivity index (χ0) is 16.3. The summed E-state index contributed by atoms with van der Waals surface area (Å²) < 4.78 is 0. The normalized spacial score (nSPS) is 11.4. The second-order valence-corrected chi connectivity index (χ2v) is 5.85. The van der Waals surface area contributed by atoms with Gasteiger partial charge in [0.2, 0.25) is 0 Å². The van der Waals surface area contributed by atoms with E-state index in [2.05, 4.69) is 41.5 Å². The van der Waals surface area contributed by atoms with Crippen LogP contribution in [0.2, 0.25) is 0 Å². The third-order valence-electron chi connectivity index (χ3n) is 4.78. The summed E-state index contributed by atoms with van der Waals surface area (Å²) >= 11 is 0. The third kappa shape index (κ3) is 2.64. The van der Waals surface area contributed by atoms with Gasteiger partial charge in [0.15, 0.2) is 0 Å². The fourth-order valence-electron chi connectivity index (χ4n) is 3.79. The third-order valence-corrected chi connectivity index (χ3v) is 4.78. The molecule has 1 aromatic carbocycles. The molecule has 0 aliphatic rings. The maximum atomic E-state index is 4.95. The summed E-state index contributed by atoms with van der Waals surface area (Å²) in [6.07, 6.45) is 6.22. The lowest BCUT2D eigenvalue weighted by Crippen LogP contribution is -2.10. The molecule has 1 aromatic heterocycles. The average Bonchev–Trinajstić information content (AvgIpc) is 2.57. The predicted octanol–water partition coefficient (Wildman–Crippen LogP) is 5.00. The summed E-state index contributed by atoms with van der Waals surface area (Å²) in [5, 5.41) is 1.35. The Balaban J connectivity index is 3.05. The zero-order valence-electron chi connectivity index (χ0n) is 15.1. The van der Waals surface area contributed by atoms with Crippen LogP contribution in [0.5, 0.6) is 0 Å². The van der Waals surface area contributed by atoms with Crippen LogP contribution in [0.1, 0.15) is 75.3 Å². The van der Waals surface area contributed by atoms with Gasteiger partial charge in [-0.3, -0.25) is 0 Å². The number of nitrogens with zero attached hydrogens (tertiary/aromatic N) is 2. The molecule has 0 N–H and O–H groups in total. The molecule has 0 atom stereocenters. The molecule has 0 unspecified atom stereocenters. The largest absolute Gasteiger partial charge is 0.237 e. The molecule has 120 valence electrons. The van der Waals surface area contributed by atoms with Crippen LogP contribution < -0.4 is 0 Å². The number of hydrogen-bond donors (Lipinski definition) is 0. The van der Waals surface area contributed by atoms with Gasteiger partial charge in [0.25, 0.3) is 0 Å². The molecule has 2 nitrogen and oxygen atoms in total. The minimum absolute atomic E-state index is 0.907. The minimum Gasteiger partial charge on any atom is -0.237 e. The van der Waals surface area contributed by atoms with E-state index < -0.39 is 0 Å². The lowest BCUT2D eigenvalue weighted by molar-refractivity contribution is 0.892. The van der Waals surface area contributed by atoms with Gasteiger partial charge in [0.05, 0.1) is 11.2 Å². The first-order valence-electron chi connectivity index (χ1n) is 9.01. The molecule has 0 bridgehead atoms. The number of hydrogen-bond acceptors (Lipinski definition) is 2. The fraction of sp³-hybridized carbons (Fsp3) is 0.600. The lowest BCUT2D eigenvalue weighted by Gasteiger charge is -2.21. The van der Waals surface area contributed by atoms with Crippen LogP contribution in [0.3, 0.4) is 0 Å². The van der Waals surface area contributed by atoms with E-state index in [1.54, 1.807) is 5.56 Å². The van der Waals surface area contributed by atoms with E-state index in [9.17, 15) is 0 Å². The number of fused-ring (bicyclic) bond motifs is 1. The summed E-state index contributed by atoms with van der Waals surface area (Å²) in [5.41, 5.74) is 8.52. The van der Waals surface area contributed by atoms with Crippen molar-refractivity contribution in [1.29, 1.82) is 0 Å². The van der Waals surface area contributed by atoms with Gasteiger partial charge in [-0.15, -0.1) is 0 Å². The van der Waals surface area contributed by atoms with Crippen LogP contribution >= 0.6 is 0 Å². The van der Waals surface area contributed by atoms with Crippen molar-refractivity contribution in [3.63, 3.8) is 0 Å². The molecule has 0 aliphatic carbocycles. The van der Waals surface area contributed by atoms with Crippen molar-refractivity contribution in [2.45, 2.75) is 80.1 Å². The number of rotatable bonds is 6. The first-order valence-corrected chi connectivity index (χ1v) is 9.01. The topological polar surface area (TPSA) is 25.8 Å². The van der Waals surface area contributed by atoms with Gasteiger partial charge in [0, 0.05) is 11.8 Å². The maximum absolute atomic E-state index is 4.95. The highest BCUT2D eigenvalue weighted by atomic mass is 14.9. The smallest absolute Gasteiger partial charge is 0.129 e. The van der Waals surface area contributed by atoms with Crippen molar-refractivity contribution in [2.24, 2.45) is 0 Å². The van der Waals surface area contributed by atoms with E-state index in [1.807, 2.05) is 0 Å². The number of aromatic nitrogens is 2. The first kappa shape index (κ1) is 16.9. The Labute approximate surface area is 135 Å². The second-order valence-electron chi connectivity index (χ2n) is 5.85. The number of benzene rings is 1. The number of aryl methyl sites for hydroxylation is 4. The Kier molecular flexibility index (Phi) is 5.55. The molecule has 0 spiro atoms. The van der Waals surface area contributed by atoms with Gasteiger partial charge in [-0.1, -0.05) is 41.5 Å². The van der Waals surface area contributed by atoms with Crippen molar-refractivity contribution in [3.05, 3.63) is 33.8 Å². The van der Waals surface area contributed by atoms with Gasteiger partial charge in [-0.2, -0.15) is 0 Å². The Bertz CT molecular complexity index is 671. The summed E-state index contributed by atoms with van der Waals surface area (Å²) in [6.45, 7) is 13.5. The van der Waals surface area contributed by atoms with Crippen LogP contribution in [-0.4, -0.2) is 9.97 Å². The SMILES string of the molecule is CCc1nc(CC)c2c(CC)c(CC)c(CC)c(CC)c2n1. The molecule has 2 heteroatoms. The van der Waals surface area contributed by atoms with Crippen LogP contribution in [0.4, 0.5) is 0 Å². The summed E-state index contributed by atoms with van der Waals surface area (Å²) in [7, 11) is 0. The van der Waals surface area contributed by atoms with Gasteiger partial charge in [-0.25, -0.2) is 9.97 Å². The monoisotopic (exact) mass is 298 g/mol. The fourth-order valence-corrected chi connectivity index (χ4v) is 3.79. The van der Waals surface area contributed by atoms with Crippen molar-refractivity contribution in [2.75, 3.05) is 0 Å². The van der Waals surface area contributed by atoms with E-state index in [1.165, 1.54) is 33.3 Å². The molecule has 0 saturated heterocycles. The Morgan fingerprint density at radius 1 is 0.545 bits per heavy atom. The maximum Gasteiger partial charge on any atom is 0.129 e. The van der Waals surface area contributed by atoms with Crippen LogP contribution in [0.25, 0.3) is 10.9 Å². The summed E-state index contributed by atoms with van der Waals surface area (Å²) in [4.78, 5) is 9.80. The highest BCUT2D eigenvalue weighted by molar-refractivity contribution is 5.90. The average molecular weight is 298 g/mol. The van der Waals surface area contributed by atoms with Gasteiger partial charge < -0.3 is 0 Å². The molecular formula is C20H30N2. The van der Waals surface area contributed by atoms with Crippen molar-refractivity contribution >= 4 is 10.9 Å². The molecule has 2 rings (SSSR count). The molecule has 2 aromatic rings. The summed E-state index contributed by atoms with van der Waals surface area (Å²) in [5.74, 6) is 0.993. The molecule has 0 amide bonds. The molecule has 1 heterocycles. The molecule has 22 heavy (non-hydrogen) atoms. The van der Waals surface area contributed by atoms with Crippen LogP contribution in [0, 0.1) is 0 Å². The lowest BCUT2D eigenvalue weighted by atomic mass is 9.86. The molecule has 0 radical (unpaired) electrons. The Morgan fingerprint density at radius 3 is 1.55 bits per heavy atom. The first-order chi connectivity index (χ1) is 10.7. The van der Waals surface area contributed by atoms with E-state index in [0.29, 0.717) is 0 Å². The highest BCUT2D eigenvalue weighted by Gasteiger charge is 2.19. The molecule has 0 aliphatic heterocycles. The highest BCUT2D eigenvalue weighted by Crippen LogP contribution is 2.33. The van der Waals surface area contributed by atoms with Gasteiger partial charge in [0.1, 0.15) is 5.82 Å². The van der Waals surface area contributed by atoms with E-state index in [0.717, 1.165) is 44.3 Å². The molecular weight excluding hydrogens is 268 g/mol.